The zero-order chi connectivity index (χ0) is 12.1. The number of nitrogens with zero attached hydrogens (tertiary/aromatic N) is 4. The predicted molar refractivity (Wildman–Crippen MR) is 62.0 cm³/mol. The van der Waals surface area contributed by atoms with Crippen LogP contribution in [-0.2, 0) is 26.7 Å². The molecule has 17 heavy (non-hydrogen) atoms. The Hall–Kier alpha value is -1.69. The quantitative estimate of drug-likeness (QED) is 0.811. The second-order valence-corrected chi connectivity index (χ2v) is 3.84. The highest BCUT2D eigenvalue weighted by Crippen LogP contribution is 1.97. The number of hydrogen-bond donors (Lipinski definition) is 1. The van der Waals surface area contributed by atoms with Gasteiger partial charge in [0.2, 0.25) is 0 Å². The number of halogens is 1. The standard InChI is InChI=1S/C11H16FN5/c1-16-5-2-10(14-16)8-13-9-11-3-6-17(15-11)7-4-12/h2-3,5-6,13H,4,7-9H2,1H3. The van der Waals surface area contributed by atoms with Crippen molar-refractivity contribution in [3.05, 3.63) is 35.9 Å². The Labute approximate surface area is 99.2 Å². The second-order valence-electron chi connectivity index (χ2n) is 3.84. The van der Waals surface area contributed by atoms with Gasteiger partial charge < -0.3 is 5.32 Å². The highest BCUT2D eigenvalue weighted by molar-refractivity contribution is 5.01. The Bertz CT molecular complexity index is 462. The normalized spacial score (nSPS) is 10.9. The summed E-state index contributed by atoms with van der Waals surface area (Å²) in [6, 6.07) is 3.86. The number of rotatable bonds is 6. The minimum atomic E-state index is -0.386. The molecule has 0 fully saturated rings. The summed E-state index contributed by atoms with van der Waals surface area (Å²) in [6.45, 7) is 1.30. The molecule has 2 aromatic rings. The maximum absolute atomic E-state index is 12.1. The molecule has 0 bridgehead atoms. The van der Waals surface area contributed by atoms with E-state index in [1.807, 2.05) is 25.4 Å². The third-order valence-electron chi connectivity index (χ3n) is 2.39. The van der Waals surface area contributed by atoms with Crippen LogP contribution in [0.5, 0.6) is 0 Å². The van der Waals surface area contributed by atoms with E-state index in [1.165, 1.54) is 0 Å². The van der Waals surface area contributed by atoms with Gasteiger partial charge in [0.1, 0.15) is 6.67 Å². The molecule has 0 atom stereocenters. The first-order valence-electron chi connectivity index (χ1n) is 5.55. The first-order valence-corrected chi connectivity index (χ1v) is 5.55. The van der Waals surface area contributed by atoms with Crippen molar-refractivity contribution in [2.24, 2.45) is 7.05 Å². The van der Waals surface area contributed by atoms with Crippen LogP contribution < -0.4 is 5.32 Å². The Balaban J connectivity index is 1.77. The van der Waals surface area contributed by atoms with Gasteiger partial charge in [0.15, 0.2) is 0 Å². The molecule has 92 valence electrons. The minimum Gasteiger partial charge on any atom is -0.305 e. The lowest BCUT2D eigenvalue weighted by Crippen LogP contribution is -2.14. The Morgan fingerprint density at radius 2 is 1.88 bits per heavy atom. The molecular weight excluding hydrogens is 221 g/mol. The smallest absolute Gasteiger partial charge is 0.109 e. The van der Waals surface area contributed by atoms with Gasteiger partial charge in [-0.1, -0.05) is 0 Å². The molecule has 0 radical (unpaired) electrons. The molecule has 0 amide bonds. The fraction of sp³-hybridized carbons (Fsp3) is 0.455. The molecule has 2 aromatic heterocycles. The number of nitrogens with one attached hydrogen (secondary N) is 1. The first-order chi connectivity index (χ1) is 8.28. The average Bonchev–Trinajstić information content (AvgIpc) is 2.89. The van der Waals surface area contributed by atoms with E-state index in [2.05, 4.69) is 15.5 Å². The third-order valence-corrected chi connectivity index (χ3v) is 2.39. The molecule has 5 nitrogen and oxygen atoms in total. The molecule has 0 aliphatic heterocycles. The summed E-state index contributed by atoms with van der Waals surface area (Å²) in [4.78, 5) is 0. The average molecular weight is 237 g/mol. The topological polar surface area (TPSA) is 47.7 Å². The van der Waals surface area contributed by atoms with Gasteiger partial charge in [-0.15, -0.1) is 0 Å². The molecule has 0 aliphatic carbocycles. The van der Waals surface area contributed by atoms with Crippen molar-refractivity contribution in [2.45, 2.75) is 19.6 Å². The lowest BCUT2D eigenvalue weighted by atomic mass is 10.4. The van der Waals surface area contributed by atoms with Gasteiger partial charge in [-0.25, -0.2) is 4.39 Å². The van der Waals surface area contributed by atoms with Crippen molar-refractivity contribution >= 4 is 0 Å². The van der Waals surface area contributed by atoms with Crippen molar-refractivity contribution in [3.8, 4) is 0 Å². The summed E-state index contributed by atoms with van der Waals surface area (Å²) < 4.78 is 15.5. The largest absolute Gasteiger partial charge is 0.305 e. The summed E-state index contributed by atoms with van der Waals surface area (Å²) in [6.07, 6.45) is 3.70. The molecule has 2 heterocycles. The number of aryl methyl sites for hydroxylation is 2. The SMILES string of the molecule is Cn1ccc(CNCc2ccn(CCF)n2)n1. The van der Waals surface area contributed by atoms with E-state index < -0.39 is 0 Å². The number of hydrogen-bond acceptors (Lipinski definition) is 3. The van der Waals surface area contributed by atoms with Gasteiger partial charge in [0.05, 0.1) is 17.9 Å². The summed E-state index contributed by atoms with van der Waals surface area (Å²) in [7, 11) is 1.89. The van der Waals surface area contributed by atoms with Gasteiger partial charge in [-0.2, -0.15) is 10.2 Å². The van der Waals surface area contributed by atoms with Crippen LogP contribution in [0.4, 0.5) is 4.39 Å². The molecule has 0 aliphatic rings. The van der Waals surface area contributed by atoms with Crippen LogP contribution in [0.2, 0.25) is 0 Å². The molecule has 2 rings (SSSR count). The van der Waals surface area contributed by atoms with Crippen LogP contribution >= 0.6 is 0 Å². The number of alkyl halides is 1. The van der Waals surface area contributed by atoms with E-state index in [0.717, 1.165) is 11.4 Å². The van der Waals surface area contributed by atoms with Gasteiger partial charge >= 0.3 is 0 Å². The fourth-order valence-electron chi connectivity index (χ4n) is 1.59. The summed E-state index contributed by atoms with van der Waals surface area (Å²) >= 11 is 0. The molecule has 6 heteroatoms. The zero-order valence-corrected chi connectivity index (χ0v) is 9.80. The lowest BCUT2D eigenvalue weighted by molar-refractivity contribution is 0.425. The van der Waals surface area contributed by atoms with Crippen LogP contribution in [0.3, 0.4) is 0 Å². The maximum atomic E-state index is 12.1. The van der Waals surface area contributed by atoms with E-state index in [9.17, 15) is 4.39 Å². The van der Waals surface area contributed by atoms with E-state index in [0.29, 0.717) is 19.6 Å². The van der Waals surface area contributed by atoms with Crippen molar-refractivity contribution in [3.63, 3.8) is 0 Å². The van der Waals surface area contributed by atoms with Crippen LogP contribution in [0.1, 0.15) is 11.4 Å². The number of aromatic nitrogens is 4. The highest BCUT2D eigenvalue weighted by atomic mass is 19.1. The van der Waals surface area contributed by atoms with Crippen LogP contribution in [-0.4, -0.2) is 26.2 Å². The Morgan fingerprint density at radius 3 is 2.53 bits per heavy atom. The Kier molecular flexibility index (Phi) is 3.87. The molecule has 0 unspecified atom stereocenters. The fourth-order valence-corrected chi connectivity index (χ4v) is 1.59. The molecule has 0 saturated carbocycles. The minimum absolute atomic E-state index is 0.320. The van der Waals surface area contributed by atoms with Gasteiger partial charge in [-0.05, 0) is 12.1 Å². The van der Waals surface area contributed by atoms with E-state index in [4.69, 9.17) is 0 Å². The first kappa shape index (κ1) is 11.8. The van der Waals surface area contributed by atoms with Crippen molar-refractivity contribution in [1.82, 2.24) is 24.9 Å². The van der Waals surface area contributed by atoms with Crippen molar-refractivity contribution in [2.75, 3.05) is 6.67 Å². The summed E-state index contributed by atoms with van der Waals surface area (Å²) in [5.74, 6) is 0. The van der Waals surface area contributed by atoms with Gasteiger partial charge in [-0.3, -0.25) is 9.36 Å². The van der Waals surface area contributed by atoms with Crippen molar-refractivity contribution < 1.29 is 4.39 Å². The molecule has 0 saturated heterocycles. The summed E-state index contributed by atoms with van der Waals surface area (Å²) in [5, 5.41) is 11.7. The van der Waals surface area contributed by atoms with Gasteiger partial charge in [0, 0.05) is 32.5 Å². The predicted octanol–water partition coefficient (Wildman–Crippen LogP) is 0.876. The van der Waals surface area contributed by atoms with Crippen molar-refractivity contribution in [1.29, 1.82) is 0 Å². The molecule has 0 spiro atoms. The van der Waals surface area contributed by atoms with Gasteiger partial charge in [0.25, 0.3) is 0 Å². The van der Waals surface area contributed by atoms with E-state index >= 15 is 0 Å². The second kappa shape index (κ2) is 5.58. The van der Waals surface area contributed by atoms with E-state index in [1.54, 1.807) is 15.6 Å². The Morgan fingerprint density at radius 1 is 1.18 bits per heavy atom. The van der Waals surface area contributed by atoms with Crippen LogP contribution in [0, 0.1) is 0 Å². The zero-order valence-electron chi connectivity index (χ0n) is 9.80. The van der Waals surface area contributed by atoms with Crippen LogP contribution in [0.15, 0.2) is 24.5 Å². The summed E-state index contributed by atoms with van der Waals surface area (Å²) in [5.41, 5.74) is 1.91. The molecule has 1 N–H and O–H groups in total. The van der Waals surface area contributed by atoms with Crippen LogP contribution in [0.25, 0.3) is 0 Å². The monoisotopic (exact) mass is 237 g/mol. The lowest BCUT2D eigenvalue weighted by Gasteiger charge is -1.99. The third kappa shape index (κ3) is 3.39. The van der Waals surface area contributed by atoms with E-state index in [-0.39, 0.29) is 6.67 Å². The molecule has 0 aromatic carbocycles. The maximum Gasteiger partial charge on any atom is 0.109 e. The highest BCUT2D eigenvalue weighted by Gasteiger charge is 2.00. The molecular formula is C11H16FN5.